The van der Waals surface area contributed by atoms with Gasteiger partial charge < -0.3 is 4.52 Å². The first kappa shape index (κ1) is 19.2. The van der Waals surface area contributed by atoms with Crippen LogP contribution in [-0.4, -0.2) is 49.8 Å². The molecule has 0 bridgehead atoms. The second-order valence-electron chi connectivity index (χ2n) is 5.92. The Kier molecular flexibility index (Phi) is 4.66. The number of aryl methyl sites for hydroxylation is 2. The zero-order valence-electron chi connectivity index (χ0n) is 15.0. The van der Waals surface area contributed by atoms with Gasteiger partial charge in [0.05, 0.1) is 5.69 Å². The molecule has 3 rings (SSSR count). The Balaban J connectivity index is 2.23. The monoisotopic (exact) mass is 411 g/mol. The highest BCUT2D eigenvalue weighted by atomic mass is 32.2. The molecule has 0 spiro atoms. The molecule has 0 atom stereocenters. The minimum absolute atomic E-state index is 0.149. The molecule has 3 aromatic rings. The van der Waals surface area contributed by atoms with Crippen molar-refractivity contribution in [2.24, 2.45) is 4.40 Å². The van der Waals surface area contributed by atoms with E-state index in [0.717, 1.165) is 4.31 Å². The molecule has 2 aromatic heterocycles. The van der Waals surface area contributed by atoms with Gasteiger partial charge in [-0.25, -0.2) is 17.7 Å². The predicted octanol–water partition coefficient (Wildman–Crippen LogP) is 0.479. The summed E-state index contributed by atoms with van der Waals surface area (Å²) in [6.45, 7) is 3.50. The van der Waals surface area contributed by atoms with Gasteiger partial charge in [-0.3, -0.25) is 0 Å². The van der Waals surface area contributed by atoms with Crippen molar-refractivity contribution < 1.29 is 21.4 Å². The summed E-state index contributed by atoms with van der Waals surface area (Å²) >= 11 is 0. The van der Waals surface area contributed by atoms with E-state index < -0.39 is 30.6 Å². The second kappa shape index (κ2) is 6.55. The predicted molar refractivity (Wildman–Crippen MR) is 94.8 cm³/mol. The molecule has 0 N–H and O–H groups in total. The van der Waals surface area contributed by atoms with Gasteiger partial charge in [0.15, 0.2) is 0 Å². The molecule has 12 heteroatoms. The van der Waals surface area contributed by atoms with Crippen LogP contribution in [0.1, 0.15) is 11.4 Å². The molecule has 0 fully saturated rings. The lowest BCUT2D eigenvalue weighted by Crippen LogP contribution is -2.24. The normalized spacial score (nSPS) is 13.6. The summed E-state index contributed by atoms with van der Waals surface area (Å²) in [5.74, 6) is 0.149. The average molecular weight is 411 g/mol. The first-order valence-electron chi connectivity index (χ1n) is 7.69. The lowest BCUT2D eigenvalue weighted by Gasteiger charge is -2.13. The number of hydrogen-bond acceptors (Lipinski definition) is 7. The van der Waals surface area contributed by atoms with E-state index in [1.54, 1.807) is 19.9 Å². The third kappa shape index (κ3) is 3.50. The first-order chi connectivity index (χ1) is 12.5. The number of benzene rings is 1. The van der Waals surface area contributed by atoms with Crippen molar-refractivity contribution in [3.05, 3.63) is 47.4 Å². The quantitative estimate of drug-likeness (QED) is 0.611. The molecular formula is C15H17N5O5S2. The number of fused-ring (bicyclic) bond motifs is 1. The summed E-state index contributed by atoms with van der Waals surface area (Å²) < 4.78 is 61.4. The Bertz CT molecular complexity index is 1300. The van der Waals surface area contributed by atoms with Crippen molar-refractivity contribution in [3.8, 4) is 0 Å². The Labute approximate surface area is 155 Å². The highest BCUT2D eigenvalue weighted by molar-refractivity contribution is 7.92. The van der Waals surface area contributed by atoms with Gasteiger partial charge in [-0.15, -0.1) is 8.97 Å². The van der Waals surface area contributed by atoms with E-state index in [-0.39, 0.29) is 10.7 Å². The van der Waals surface area contributed by atoms with E-state index in [2.05, 4.69) is 14.4 Å². The van der Waals surface area contributed by atoms with E-state index >= 15 is 0 Å². The van der Waals surface area contributed by atoms with Crippen molar-refractivity contribution in [3.63, 3.8) is 0 Å². The molecule has 0 aliphatic carbocycles. The van der Waals surface area contributed by atoms with Crippen molar-refractivity contribution in [2.75, 3.05) is 14.1 Å². The van der Waals surface area contributed by atoms with Crippen LogP contribution in [0.5, 0.6) is 0 Å². The van der Waals surface area contributed by atoms with Crippen LogP contribution in [0.3, 0.4) is 0 Å². The average Bonchev–Trinajstić information content (AvgIpc) is 2.96. The third-order valence-corrected chi connectivity index (χ3v) is 6.96. The second-order valence-corrected chi connectivity index (χ2v) is 9.61. The van der Waals surface area contributed by atoms with E-state index in [1.807, 2.05) is 0 Å². The summed E-state index contributed by atoms with van der Waals surface area (Å²) in [6, 6.07) is 6.94. The largest absolute Gasteiger partial charge is 0.358 e. The van der Waals surface area contributed by atoms with Gasteiger partial charge in [0.1, 0.15) is 9.79 Å². The number of sulfonamides is 2. The first-order valence-corrected chi connectivity index (χ1v) is 10.6. The van der Waals surface area contributed by atoms with Crippen LogP contribution in [-0.2, 0) is 20.0 Å². The Morgan fingerprint density at radius 3 is 2.30 bits per heavy atom. The maximum Gasteiger partial charge on any atom is 0.358 e. The summed E-state index contributed by atoms with van der Waals surface area (Å²) in [6.07, 6.45) is 0. The molecule has 0 saturated carbocycles. The van der Waals surface area contributed by atoms with Gasteiger partial charge in [0.2, 0.25) is 10.0 Å². The fourth-order valence-corrected chi connectivity index (χ4v) is 4.94. The Morgan fingerprint density at radius 1 is 1.04 bits per heavy atom. The summed E-state index contributed by atoms with van der Waals surface area (Å²) in [4.78, 5) is 7.24. The standard InChI is InChI=1S/C15H17N5O5S2/c1-10-9-11(2)20-14(16-10)17-15(25-20)18-26(21,22)12-7-5-6-8-13(12)27(23,24)19(3)4/h5-9H,1-4H3. The molecule has 0 amide bonds. The minimum Gasteiger partial charge on any atom is -0.329 e. The van der Waals surface area contributed by atoms with E-state index in [1.165, 1.54) is 42.9 Å². The maximum absolute atomic E-state index is 12.7. The molecule has 0 saturated heterocycles. The summed E-state index contributed by atoms with van der Waals surface area (Å²) in [5, 5.41) is 0. The third-order valence-electron chi connectivity index (χ3n) is 3.65. The van der Waals surface area contributed by atoms with Crippen LogP contribution >= 0.6 is 0 Å². The van der Waals surface area contributed by atoms with Gasteiger partial charge in [-0.1, -0.05) is 12.1 Å². The fourth-order valence-electron chi connectivity index (χ4n) is 2.39. The van der Waals surface area contributed by atoms with Crippen LogP contribution in [0.4, 0.5) is 0 Å². The highest BCUT2D eigenvalue weighted by Gasteiger charge is 2.28. The maximum atomic E-state index is 12.7. The Hall–Kier alpha value is -2.57. The molecule has 2 heterocycles. The summed E-state index contributed by atoms with van der Waals surface area (Å²) in [5.41, 5.74) is 0.880. The van der Waals surface area contributed by atoms with Crippen LogP contribution < -0.4 is 5.68 Å². The van der Waals surface area contributed by atoms with Gasteiger partial charge in [0.25, 0.3) is 15.8 Å². The molecule has 10 nitrogen and oxygen atoms in total. The topological polar surface area (TPSA) is 127 Å². The molecular weight excluding hydrogens is 394 g/mol. The molecule has 0 aliphatic heterocycles. The lowest BCUT2D eigenvalue weighted by atomic mass is 10.4. The fraction of sp³-hybridized carbons (Fsp3) is 0.267. The molecule has 0 aliphatic rings. The van der Waals surface area contributed by atoms with Crippen LogP contribution in [0, 0.1) is 13.8 Å². The van der Waals surface area contributed by atoms with Crippen LogP contribution in [0.15, 0.2) is 49.0 Å². The lowest BCUT2D eigenvalue weighted by molar-refractivity contribution is 0.329. The molecule has 0 radical (unpaired) electrons. The molecule has 0 unspecified atom stereocenters. The minimum atomic E-state index is -4.41. The van der Waals surface area contributed by atoms with Crippen molar-refractivity contribution >= 4 is 25.8 Å². The van der Waals surface area contributed by atoms with E-state index in [4.69, 9.17) is 4.52 Å². The molecule has 27 heavy (non-hydrogen) atoms. The van der Waals surface area contributed by atoms with Gasteiger partial charge in [-0.05, 0) is 32.0 Å². The van der Waals surface area contributed by atoms with Crippen molar-refractivity contribution in [2.45, 2.75) is 23.6 Å². The van der Waals surface area contributed by atoms with Crippen LogP contribution in [0.2, 0.25) is 0 Å². The smallest absolute Gasteiger partial charge is 0.329 e. The van der Waals surface area contributed by atoms with Crippen molar-refractivity contribution in [1.29, 1.82) is 0 Å². The summed E-state index contributed by atoms with van der Waals surface area (Å²) in [7, 11) is -5.78. The molecule has 1 aromatic carbocycles. The van der Waals surface area contributed by atoms with Gasteiger partial charge >= 0.3 is 5.68 Å². The van der Waals surface area contributed by atoms with Gasteiger partial charge in [-0.2, -0.15) is 13.4 Å². The number of aromatic nitrogens is 3. The number of hydrogen-bond donors (Lipinski definition) is 0. The van der Waals surface area contributed by atoms with Gasteiger partial charge in [0, 0.05) is 19.8 Å². The van der Waals surface area contributed by atoms with Crippen LogP contribution in [0.25, 0.3) is 5.78 Å². The van der Waals surface area contributed by atoms with E-state index in [0.29, 0.717) is 11.4 Å². The number of rotatable bonds is 4. The van der Waals surface area contributed by atoms with Crippen molar-refractivity contribution in [1.82, 2.24) is 18.8 Å². The zero-order valence-corrected chi connectivity index (χ0v) is 16.6. The molecule has 144 valence electrons. The SMILES string of the molecule is Cc1cc(C)n2oc(=NS(=O)(=O)c3ccccc3S(=O)(=O)N(C)C)nc2n1. The zero-order chi connectivity index (χ0) is 20.0. The van der Waals surface area contributed by atoms with E-state index in [9.17, 15) is 16.8 Å². The Morgan fingerprint density at radius 2 is 1.67 bits per heavy atom. The number of nitrogens with zero attached hydrogens (tertiary/aromatic N) is 5. The highest BCUT2D eigenvalue weighted by Crippen LogP contribution is 2.24.